The van der Waals surface area contributed by atoms with Crippen LogP contribution >= 0.6 is 0 Å². The smallest absolute Gasteiger partial charge is 0.337 e. The second kappa shape index (κ2) is 6.31. The molecule has 0 bridgehead atoms. The molecule has 1 unspecified atom stereocenters. The van der Waals surface area contributed by atoms with Gasteiger partial charge in [-0.05, 0) is 42.5 Å². The van der Waals surface area contributed by atoms with Gasteiger partial charge < -0.3 is 4.74 Å². The molecule has 0 radical (unpaired) electrons. The predicted octanol–water partition coefficient (Wildman–Crippen LogP) is 3.79. The number of ether oxygens (including phenoxy) is 1. The number of carbonyl (C=O) groups is 3. The first-order chi connectivity index (χ1) is 14.1. The molecule has 0 fully saturated rings. The Morgan fingerprint density at radius 2 is 1.41 bits per heavy atom. The molecule has 2 aliphatic heterocycles. The van der Waals surface area contributed by atoms with E-state index in [2.05, 4.69) is 0 Å². The van der Waals surface area contributed by atoms with Gasteiger partial charge in [0.05, 0.1) is 23.9 Å². The van der Waals surface area contributed by atoms with Gasteiger partial charge in [0.1, 0.15) is 6.17 Å². The van der Waals surface area contributed by atoms with E-state index < -0.39 is 12.1 Å². The normalized spacial score (nSPS) is 16.9. The van der Waals surface area contributed by atoms with Gasteiger partial charge in [-0.25, -0.2) is 4.79 Å². The molecule has 3 aromatic rings. The summed E-state index contributed by atoms with van der Waals surface area (Å²) in [5.41, 5.74) is 3.40. The molecule has 142 valence electrons. The fourth-order valence-electron chi connectivity index (χ4n) is 4.03. The summed E-state index contributed by atoms with van der Waals surface area (Å²) in [6.07, 6.45) is -0.579. The van der Waals surface area contributed by atoms with Crippen molar-refractivity contribution < 1.29 is 19.1 Å². The number of hydrogen-bond donors (Lipinski definition) is 0. The van der Waals surface area contributed by atoms with Crippen LogP contribution in [0.5, 0.6) is 0 Å². The van der Waals surface area contributed by atoms with Gasteiger partial charge in [0.25, 0.3) is 11.8 Å². The van der Waals surface area contributed by atoms with Crippen molar-refractivity contribution in [3.8, 4) is 0 Å². The number of carbonyl (C=O) groups excluding carboxylic acids is 3. The third kappa shape index (κ3) is 2.39. The molecule has 0 saturated heterocycles. The van der Waals surface area contributed by atoms with Crippen LogP contribution in [-0.4, -0.2) is 24.9 Å². The minimum atomic E-state index is -0.579. The van der Waals surface area contributed by atoms with Gasteiger partial charge in [0.2, 0.25) is 0 Å². The summed E-state index contributed by atoms with van der Waals surface area (Å²) in [6.45, 7) is 0. The largest absolute Gasteiger partial charge is 0.465 e. The lowest BCUT2D eigenvalue weighted by Gasteiger charge is -2.40. The molecule has 0 spiro atoms. The molecule has 5 rings (SSSR count). The zero-order valence-electron chi connectivity index (χ0n) is 15.5. The Morgan fingerprint density at radius 3 is 2.14 bits per heavy atom. The van der Waals surface area contributed by atoms with Crippen molar-refractivity contribution in [2.45, 2.75) is 6.17 Å². The van der Waals surface area contributed by atoms with Gasteiger partial charge >= 0.3 is 5.97 Å². The van der Waals surface area contributed by atoms with Crippen molar-refractivity contribution in [1.82, 2.24) is 0 Å². The second-order valence-corrected chi connectivity index (χ2v) is 6.87. The topological polar surface area (TPSA) is 66.9 Å². The molecule has 0 aliphatic carbocycles. The first kappa shape index (κ1) is 17.2. The number of rotatable bonds is 2. The van der Waals surface area contributed by atoms with Crippen molar-refractivity contribution in [3.63, 3.8) is 0 Å². The number of fused-ring (bicyclic) bond motifs is 5. The summed E-state index contributed by atoms with van der Waals surface area (Å²) in [5.74, 6) is -0.784. The number of amides is 2. The van der Waals surface area contributed by atoms with E-state index >= 15 is 0 Å². The number of esters is 1. The van der Waals surface area contributed by atoms with Crippen LogP contribution in [0.15, 0.2) is 72.8 Å². The van der Waals surface area contributed by atoms with Crippen LogP contribution in [0.4, 0.5) is 11.4 Å². The first-order valence-electron chi connectivity index (χ1n) is 9.15. The lowest BCUT2D eigenvalue weighted by molar-refractivity contribution is 0.0600. The van der Waals surface area contributed by atoms with E-state index in [4.69, 9.17) is 4.74 Å². The zero-order chi connectivity index (χ0) is 20.1. The van der Waals surface area contributed by atoms with Crippen molar-refractivity contribution in [1.29, 1.82) is 0 Å². The molecule has 6 nitrogen and oxygen atoms in total. The molecular formula is C23H16N2O4. The van der Waals surface area contributed by atoms with Gasteiger partial charge in [-0.2, -0.15) is 0 Å². The van der Waals surface area contributed by atoms with Crippen LogP contribution < -0.4 is 9.80 Å². The van der Waals surface area contributed by atoms with Crippen LogP contribution in [0.25, 0.3) is 0 Å². The number of benzene rings is 3. The van der Waals surface area contributed by atoms with Crippen molar-refractivity contribution in [2.24, 2.45) is 0 Å². The highest BCUT2D eigenvalue weighted by Gasteiger charge is 2.48. The summed E-state index contributed by atoms with van der Waals surface area (Å²) >= 11 is 0. The second-order valence-electron chi connectivity index (χ2n) is 6.87. The molecular weight excluding hydrogens is 368 g/mol. The highest BCUT2D eigenvalue weighted by Crippen LogP contribution is 2.46. The standard InChI is InChI=1S/C23H16N2O4/c1-29-23(28)14-10-12-15(13-11-14)24-20-16-6-2-3-7-17(16)21(26)25(20)19-9-5-4-8-18(19)22(24)27/h2-13,20H,1H3. The number of nitrogens with zero attached hydrogens (tertiary/aromatic N) is 2. The van der Waals surface area contributed by atoms with Crippen LogP contribution in [0.2, 0.25) is 0 Å². The van der Waals surface area contributed by atoms with Crippen molar-refractivity contribution in [2.75, 3.05) is 16.9 Å². The van der Waals surface area contributed by atoms with Crippen molar-refractivity contribution >= 4 is 29.2 Å². The average Bonchev–Trinajstić information content (AvgIpc) is 3.07. The van der Waals surface area contributed by atoms with Gasteiger partial charge in [-0.1, -0.05) is 30.3 Å². The molecule has 2 aliphatic rings. The number of hydrogen-bond acceptors (Lipinski definition) is 4. The van der Waals surface area contributed by atoms with E-state index in [9.17, 15) is 14.4 Å². The molecule has 0 N–H and O–H groups in total. The lowest BCUT2D eigenvalue weighted by atomic mass is 10.0. The minimum absolute atomic E-state index is 0.137. The van der Waals surface area contributed by atoms with E-state index in [-0.39, 0.29) is 11.8 Å². The maximum Gasteiger partial charge on any atom is 0.337 e. The van der Waals surface area contributed by atoms with Crippen LogP contribution in [0.1, 0.15) is 42.8 Å². The molecule has 2 amide bonds. The van der Waals surface area contributed by atoms with Crippen LogP contribution in [0.3, 0.4) is 0 Å². The monoisotopic (exact) mass is 384 g/mol. The molecule has 29 heavy (non-hydrogen) atoms. The molecule has 0 saturated carbocycles. The van der Waals surface area contributed by atoms with E-state index in [1.807, 2.05) is 24.3 Å². The third-order valence-electron chi connectivity index (χ3n) is 5.36. The molecule has 1 atom stereocenters. The average molecular weight is 384 g/mol. The fourth-order valence-corrected chi connectivity index (χ4v) is 4.03. The maximum atomic E-state index is 13.4. The number of anilines is 2. The van der Waals surface area contributed by atoms with Gasteiger partial charge in [-0.3, -0.25) is 19.4 Å². The third-order valence-corrected chi connectivity index (χ3v) is 5.36. The number of para-hydroxylation sites is 1. The maximum absolute atomic E-state index is 13.4. The summed E-state index contributed by atoms with van der Waals surface area (Å²) in [6, 6.07) is 21.1. The summed E-state index contributed by atoms with van der Waals surface area (Å²) in [5, 5.41) is 0. The van der Waals surface area contributed by atoms with Gasteiger partial charge in [0, 0.05) is 16.8 Å². The highest BCUT2D eigenvalue weighted by molar-refractivity contribution is 6.21. The predicted molar refractivity (Wildman–Crippen MR) is 107 cm³/mol. The Labute approximate surface area is 166 Å². The van der Waals surface area contributed by atoms with E-state index in [1.54, 1.807) is 58.3 Å². The highest BCUT2D eigenvalue weighted by atomic mass is 16.5. The minimum Gasteiger partial charge on any atom is -0.465 e. The Morgan fingerprint density at radius 1 is 0.793 bits per heavy atom. The van der Waals surface area contributed by atoms with E-state index in [0.717, 1.165) is 5.56 Å². The molecule has 6 heteroatoms. The van der Waals surface area contributed by atoms with E-state index in [1.165, 1.54) is 7.11 Å². The van der Waals surface area contributed by atoms with E-state index in [0.29, 0.717) is 28.1 Å². The SMILES string of the molecule is COC(=O)c1ccc(N2C(=O)c3ccccc3N3C(=O)c4ccccc4C23)cc1. The Kier molecular flexibility index (Phi) is 3.74. The first-order valence-corrected chi connectivity index (χ1v) is 9.15. The Hall–Kier alpha value is -3.93. The Balaban J connectivity index is 1.70. The molecule has 2 heterocycles. The summed E-state index contributed by atoms with van der Waals surface area (Å²) in [7, 11) is 1.32. The van der Waals surface area contributed by atoms with Crippen molar-refractivity contribution in [3.05, 3.63) is 95.1 Å². The van der Waals surface area contributed by atoms with Crippen LogP contribution in [-0.2, 0) is 4.74 Å². The van der Waals surface area contributed by atoms with Gasteiger partial charge in [0.15, 0.2) is 0 Å². The molecule has 0 aromatic heterocycles. The summed E-state index contributed by atoms with van der Waals surface area (Å²) in [4.78, 5) is 41.7. The fraction of sp³-hybridized carbons (Fsp3) is 0.0870. The van der Waals surface area contributed by atoms with Crippen LogP contribution in [0, 0.1) is 0 Å². The zero-order valence-corrected chi connectivity index (χ0v) is 15.5. The number of methoxy groups -OCH3 is 1. The molecule has 3 aromatic carbocycles. The van der Waals surface area contributed by atoms with Gasteiger partial charge in [-0.15, -0.1) is 0 Å². The Bertz CT molecular complexity index is 1170. The lowest BCUT2D eigenvalue weighted by Crippen LogP contribution is -2.48. The quantitative estimate of drug-likeness (QED) is 0.631. The summed E-state index contributed by atoms with van der Waals surface area (Å²) < 4.78 is 4.75.